The van der Waals surface area contributed by atoms with E-state index in [-0.39, 0.29) is 19.1 Å². The van der Waals surface area contributed by atoms with Crippen LogP contribution < -0.4 is 5.32 Å². The van der Waals surface area contributed by atoms with Crippen LogP contribution >= 0.6 is 0 Å². The summed E-state index contributed by atoms with van der Waals surface area (Å²) in [4.78, 5) is 1.36. The van der Waals surface area contributed by atoms with Gasteiger partial charge in [0.05, 0.1) is 13.1 Å². The first kappa shape index (κ1) is 18.1. The highest BCUT2D eigenvalue weighted by Crippen LogP contribution is 2.32. The molecule has 1 aliphatic rings. The highest BCUT2D eigenvalue weighted by atomic mass is 19.4. The molecule has 2 rings (SSSR count). The average Bonchev–Trinajstić information content (AvgIpc) is 2.39. The fourth-order valence-corrected chi connectivity index (χ4v) is 2.84. The number of fused-ring (bicyclic) bond motifs is 1. The van der Waals surface area contributed by atoms with Crippen LogP contribution in [0.1, 0.15) is 29.7 Å². The number of nitrogens with zero attached hydrogens (tertiary/aromatic N) is 1. The van der Waals surface area contributed by atoms with Gasteiger partial charge >= 0.3 is 12.4 Å². The minimum absolute atomic E-state index is 0.0768. The molecule has 0 aromatic heterocycles. The number of hydrogen-bond donors (Lipinski definition) is 1. The first-order valence-electron chi connectivity index (χ1n) is 7.25. The predicted molar refractivity (Wildman–Crippen MR) is 74.0 cm³/mol. The van der Waals surface area contributed by atoms with Crippen LogP contribution in [-0.4, -0.2) is 36.9 Å². The van der Waals surface area contributed by atoms with Gasteiger partial charge in [0.2, 0.25) is 0 Å². The van der Waals surface area contributed by atoms with Crippen molar-refractivity contribution in [2.24, 2.45) is 0 Å². The molecule has 8 heteroatoms. The Kier molecular flexibility index (Phi) is 5.25. The molecule has 0 fully saturated rings. The van der Waals surface area contributed by atoms with E-state index in [0.717, 1.165) is 11.1 Å². The van der Waals surface area contributed by atoms with Crippen LogP contribution in [0.4, 0.5) is 26.3 Å². The average molecular weight is 340 g/mol. The minimum atomic E-state index is -4.26. The van der Waals surface area contributed by atoms with Gasteiger partial charge in [0.1, 0.15) is 0 Å². The second-order valence-electron chi connectivity index (χ2n) is 5.76. The summed E-state index contributed by atoms with van der Waals surface area (Å²) in [6.07, 6.45) is -8.04. The summed E-state index contributed by atoms with van der Waals surface area (Å²) in [5.41, 5.74) is 2.41. The van der Waals surface area contributed by atoms with Crippen molar-refractivity contribution in [2.75, 3.05) is 19.6 Å². The minimum Gasteiger partial charge on any atom is -0.305 e. The lowest BCUT2D eigenvalue weighted by atomic mass is 9.92. The van der Waals surface area contributed by atoms with E-state index in [0.29, 0.717) is 12.0 Å². The summed E-state index contributed by atoms with van der Waals surface area (Å²) in [6, 6.07) is 4.79. The maximum Gasteiger partial charge on any atom is 0.401 e. The Balaban J connectivity index is 2.02. The number of benzene rings is 1. The van der Waals surface area contributed by atoms with Crippen LogP contribution in [0.15, 0.2) is 18.2 Å². The first-order chi connectivity index (χ1) is 10.6. The zero-order valence-corrected chi connectivity index (χ0v) is 12.6. The first-order valence-corrected chi connectivity index (χ1v) is 7.25. The number of halogens is 6. The lowest BCUT2D eigenvalue weighted by Gasteiger charge is -2.35. The van der Waals surface area contributed by atoms with E-state index >= 15 is 0 Å². The van der Waals surface area contributed by atoms with E-state index in [1.54, 1.807) is 25.1 Å². The zero-order chi connectivity index (χ0) is 17.3. The van der Waals surface area contributed by atoms with Crippen LogP contribution in [0.5, 0.6) is 0 Å². The summed E-state index contributed by atoms with van der Waals surface area (Å²) in [7, 11) is 0. The van der Waals surface area contributed by atoms with Gasteiger partial charge < -0.3 is 5.32 Å². The highest BCUT2D eigenvalue weighted by Gasteiger charge is 2.35. The molecule has 0 aliphatic carbocycles. The van der Waals surface area contributed by atoms with Gasteiger partial charge in [-0.3, -0.25) is 4.90 Å². The summed E-state index contributed by atoms with van der Waals surface area (Å²) in [6.45, 7) is 0.0498. The van der Waals surface area contributed by atoms with Gasteiger partial charge in [-0.05, 0) is 30.0 Å². The highest BCUT2D eigenvalue weighted by molar-refractivity contribution is 5.36. The van der Waals surface area contributed by atoms with Gasteiger partial charge in [-0.15, -0.1) is 0 Å². The largest absolute Gasteiger partial charge is 0.401 e. The molecule has 0 saturated heterocycles. The zero-order valence-electron chi connectivity index (χ0n) is 12.6. The van der Waals surface area contributed by atoms with Crippen LogP contribution in [0, 0.1) is 0 Å². The Labute approximate surface area is 130 Å². The topological polar surface area (TPSA) is 15.3 Å². The van der Waals surface area contributed by atoms with Crippen LogP contribution in [0.2, 0.25) is 0 Å². The number of nitrogens with one attached hydrogen (secondary N) is 1. The fraction of sp³-hybridized carbons (Fsp3) is 0.600. The predicted octanol–water partition coefficient (Wildman–Crippen LogP) is 3.82. The second kappa shape index (κ2) is 6.68. The Bertz CT molecular complexity index is 538. The molecule has 1 heterocycles. The lowest BCUT2D eigenvalue weighted by Crippen LogP contribution is -2.40. The van der Waals surface area contributed by atoms with E-state index < -0.39 is 25.4 Å². The third kappa shape index (κ3) is 5.39. The summed E-state index contributed by atoms with van der Waals surface area (Å²) < 4.78 is 73.9. The molecule has 1 aromatic rings. The smallest absolute Gasteiger partial charge is 0.305 e. The molecule has 1 aromatic carbocycles. The number of rotatable bonds is 4. The molecule has 1 aliphatic heterocycles. The third-order valence-electron chi connectivity index (χ3n) is 3.91. The lowest BCUT2D eigenvalue weighted by molar-refractivity contribution is -0.151. The monoisotopic (exact) mass is 340 g/mol. The van der Waals surface area contributed by atoms with Crippen LogP contribution in [0.3, 0.4) is 0 Å². The molecular weight excluding hydrogens is 322 g/mol. The summed E-state index contributed by atoms with van der Waals surface area (Å²) in [5.74, 6) is 0. The number of hydrogen-bond acceptors (Lipinski definition) is 2. The van der Waals surface area contributed by atoms with Gasteiger partial charge in [0.25, 0.3) is 0 Å². The molecule has 1 N–H and O–H groups in total. The van der Waals surface area contributed by atoms with Gasteiger partial charge in [-0.2, -0.15) is 26.3 Å². The standard InChI is InChI=1S/C15H18F6N2/c1-10-13-3-2-11(7-22-8-14(16,17)18)6-12(13)4-5-23(10)9-15(19,20)21/h2-3,6,10,22H,4-5,7-9H2,1H3. The molecular formula is C15H18F6N2. The summed E-state index contributed by atoms with van der Waals surface area (Å²) in [5, 5.41) is 2.32. The van der Waals surface area contributed by atoms with Crippen molar-refractivity contribution in [3.63, 3.8) is 0 Å². The van der Waals surface area contributed by atoms with Gasteiger partial charge in [0, 0.05) is 19.1 Å². The molecule has 0 spiro atoms. The van der Waals surface area contributed by atoms with Crippen molar-refractivity contribution in [3.05, 3.63) is 34.9 Å². The SMILES string of the molecule is CC1c2ccc(CNCC(F)(F)F)cc2CCN1CC(F)(F)F. The molecule has 130 valence electrons. The Morgan fingerprint density at radius 1 is 1.13 bits per heavy atom. The normalized spacial score (nSPS) is 19.7. The molecule has 1 atom stereocenters. The maximum absolute atomic E-state index is 12.5. The Morgan fingerprint density at radius 2 is 1.83 bits per heavy atom. The summed E-state index contributed by atoms with van der Waals surface area (Å²) >= 11 is 0. The quantitative estimate of drug-likeness (QED) is 0.839. The maximum atomic E-state index is 12.5. The number of alkyl halides is 6. The van der Waals surface area contributed by atoms with Gasteiger partial charge in [-0.25, -0.2) is 0 Å². The van der Waals surface area contributed by atoms with E-state index in [9.17, 15) is 26.3 Å². The van der Waals surface area contributed by atoms with Gasteiger partial charge in [-0.1, -0.05) is 18.2 Å². The Hall–Kier alpha value is -1.28. The third-order valence-corrected chi connectivity index (χ3v) is 3.91. The van der Waals surface area contributed by atoms with Crippen molar-refractivity contribution in [3.8, 4) is 0 Å². The van der Waals surface area contributed by atoms with Gasteiger partial charge in [0.15, 0.2) is 0 Å². The molecule has 1 unspecified atom stereocenters. The van der Waals surface area contributed by atoms with Crippen molar-refractivity contribution in [1.29, 1.82) is 0 Å². The van der Waals surface area contributed by atoms with Crippen LogP contribution in [-0.2, 0) is 13.0 Å². The molecule has 0 amide bonds. The molecule has 0 radical (unpaired) electrons. The Morgan fingerprint density at radius 3 is 2.43 bits per heavy atom. The molecule has 0 saturated carbocycles. The van der Waals surface area contributed by atoms with Crippen molar-refractivity contribution in [1.82, 2.24) is 10.2 Å². The molecule has 2 nitrogen and oxygen atoms in total. The fourth-order valence-electron chi connectivity index (χ4n) is 2.84. The van der Waals surface area contributed by atoms with E-state index in [1.165, 1.54) is 4.90 Å². The van der Waals surface area contributed by atoms with E-state index in [1.807, 2.05) is 0 Å². The molecule has 0 bridgehead atoms. The van der Waals surface area contributed by atoms with Crippen molar-refractivity contribution in [2.45, 2.75) is 38.3 Å². The van der Waals surface area contributed by atoms with Crippen molar-refractivity contribution < 1.29 is 26.3 Å². The second-order valence-corrected chi connectivity index (χ2v) is 5.76. The van der Waals surface area contributed by atoms with E-state index in [4.69, 9.17) is 0 Å². The van der Waals surface area contributed by atoms with Crippen LogP contribution in [0.25, 0.3) is 0 Å². The molecule has 23 heavy (non-hydrogen) atoms. The van der Waals surface area contributed by atoms with Crippen molar-refractivity contribution >= 4 is 0 Å². The van der Waals surface area contributed by atoms with E-state index in [2.05, 4.69) is 5.32 Å².